The first-order valence-corrected chi connectivity index (χ1v) is 6.58. The summed E-state index contributed by atoms with van der Waals surface area (Å²) in [6, 6.07) is 3.55. The number of carbonyl (C=O) groups excluding carboxylic acids is 1. The number of rotatable bonds is 4. The summed E-state index contributed by atoms with van der Waals surface area (Å²) in [4.78, 5) is 13.7. The maximum absolute atomic E-state index is 12.2. The molecule has 116 valence electrons. The third kappa shape index (κ3) is 4.03. The Hall–Kier alpha value is -1.92. The molecule has 2 unspecified atom stereocenters. The van der Waals surface area contributed by atoms with Gasteiger partial charge in [-0.1, -0.05) is 6.92 Å². The SMILES string of the molecule is CC1CC1CN(C)C(=O)c1ccc(OC(F)(F)F)c(N)c1. The van der Waals surface area contributed by atoms with Crippen LogP contribution in [0.4, 0.5) is 18.9 Å². The van der Waals surface area contributed by atoms with E-state index in [0.717, 1.165) is 12.5 Å². The molecule has 4 nitrogen and oxygen atoms in total. The molecule has 0 aromatic heterocycles. The zero-order valence-corrected chi connectivity index (χ0v) is 11.8. The first kappa shape index (κ1) is 15.5. The Morgan fingerprint density at radius 2 is 2.10 bits per heavy atom. The quantitative estimate of drug-likeness (QED) is 0.870. The summed E-state index contributed by atoms with van der Waals surface area (Å²) < 4.78 is 40.2. The highest BCUT2D eigenvalue weighted by atomic mass is 19.4. The standard InChI is InChI=1S/C14H17F3N2O2/c1-8-5-10(8)7-19(2)13(20)9-3-4-12(11(18)6-9)21-14(15,16)17/h3-4,6,8,10H,5,7,18H2,1-2H3. The summed E-state index contributed by atoms with van der Waals surface area (Å²) in [6.45, 7) is 2.75. The number of nitrogen functional groups attached to an aromatic ring is 1. The van der Waals surface area contributed by atoms with Gasteiger partial charge in [-0.15, -0.1) is 13.2 Å². The Kier molecular flexibility index (Phi) is 4.02. The summed E-state index contributed by atoms with van der Waals surface area (Å²) in [7, 11) is 1.67. The van der Waals surface area contributed by atoms with E-state index >= 15 is 0 Å². The molecule has 0 saturated heterocycles. The third-order valence-corrected chi connectivity index (χ3v) is 3.61. The van der Waals surface area contributed by atoms with E-state index in [4.69, 9.17) is 5.73 Å². The Labute approximate surface area is 120 Å². The number of halogens is 3. The lowest BCUT2D eigenvalue weighted by Gasteiger charge is -2.18. The average molecular weight is 302 g/mol. The number of benzene rings is 1. The predicted molar refractivity (Wildman–Crippen MR) is 71.8 cm³/mol. The van der Waals surface area contributed by atoms with E-state index in [1.165, 1.54) is 12.1 Å². The molecule has 2 atom stereocenters. The normalized spacial score (nSPS) is 21.0. The molecule has 0 radical (unpaired) electrons. The first-order chi connectivity index (χ1) is 9.67. The van der Waals surface area contributed by atoms with Gasteiger partial charge in [-0.05, 0) is 36.5 Å². The van der Waals surface area contributed by atoms with E-state index in [0.29, 0.717) is 18.4 Å². The van der Waals surface area contributed by atoms with E-state index in [1.807, 2.05) is 0 Å². The van der Waals surface area contributed by atoms with Crippen molar-refractivity contribution in [3.63, 3.8) is 0 Å². The van der Waals surface area contributed by atoms with Crippen LogP contribution in [0.15, 0.2) is 18.2 Å². The fourth-order valence-electron chi connectivity index (χ4n) is 2.21. The van der Waals surface area contributed by atoms with Crippen molar-refractivity contribution in [3.8, 4) is 5.75 Å². The molecule has 1 saturated carbocycles. The van der Waals surface area contributed by atoms with E-state index in [-0.39, 0.29) is 17.2 Å². The van der Waals surface area contributed by atoms with Crippen molar-refractivity contribution in [1.82, 2.24) is 4.90 Å². The summed E-state index contributed by atoms with van der Waals surface area (Å²) >= 11 is 0. The molecule has 7 heteroatoms. The number of nitrogens with two attached hydrogens (primary N) is 1. The minimum absolute atomic E-state index is 0.216. The summed E-state index contributed by atoms with van der Waals surface area (Å²) in [6.07, 6.45) is -3.71. The maximum atomic E-state index is 12.2. The van der Waals surface area contributed by atoms with Crippen molar-refractivity contribution in [2.24, 2.45) is 11.8 Å². The molecular weight excluding hydrogens is 285 g/mol. The molecule has 2 rings (SSSR count). The van der Waals surface area contributed by atoms with Crippen molar-refractivity contribution < 1.29 is 22.7 Å². The highest BCUT2D eigenvalue weighted by Crippen LogP contribution is 2.38. The Morgan fingerprint density at radius 3 is 2.57 bits per heavy atom. The molecule has 1 aromatic carbocycles. The number of hydrogen-bond donors (Lipinski definition) is 1. The molecule has 1 aliphatic carbocycles. The molecule has 0 bridgehead atoms. The average Bonchev–Trinajstić information content (AvgIpc) is 3.05. The molecule has 0 heterocycles. The van der Waals surface area contributed by atoms with Gasteiger partial charge in [0, 0.05) is 19.2 Å². The molecule has 1 aromatic rings. The van der Waals surface area contributed by atoms with Crippen molar-refractivity contribution in [1.29, 1.82) is 0 Å². The molecule has 21 heavy (non-hydrogen) atoms. The Morgan fingerprint density at radius 1 is 1.48 bits per heavy atom. The molecular formula is C14H17F3N2O2. The van der Waals surface area contributed by atoms with Crippen LogP contribution in [0.1, 0.15) is 23.7 Å². The van der Waals surface area contributed by atoms with E-state index in [1.54, 1.807) is 11.9 Å². The van der Waals surface area contributed by atoms with Crippen LogP contribution in [0.25, 0.3) is 0 Å². The Bertz CT molecular complexity index is 546. The van der Waals surface area contributed by atoms with Gasteiger partial charge in [0.2, 0.25) is 0 Å². The van der Waals surface area contributed by atoms with Gasteiger partial charge in [-0.2, -0.15) is 0 Å². The molecule has 0 aliphatic heterocycles. The second-order valence-electron chi connectivity index (χ2n) is 5.46. The number of hydrogen-bond acceptors (Lipinski definition) is 3. The minimum Gasteiger partial charge on any atom is -0.404 e. The van der Waals surface area contributed by atoms with Gasteiger partial charge in [0.15, 0.2) is 5.75 Å². The maximum Gasteiger partial charge on any atom is 0.573 e. The molecule has 2 N–H and O–H groups in total. The van der Waals surface area contributed by atoms with Gasteiger partial charge in [0.1, 0.15) is 0 Å². The van der Waals surface area contributed by atoms with Crippen molar-refractivity contribution in [2.45, 2.75) is 19.7 Å². The lowest BCUT2D eigenvalue weighted by Crippen LogP contribution is -2.29. The van der Waals surface area contributed by atoms with Crippen LogP contribution in [0.2, 0.25) is 0 Å². The minimum atomic E-state index is -4.81. The second kappa shape index (κ2) is 5.46. The highest BCUT2D eigenvalue weighted by molar-refractivity contribution is 5.95. The zero-order valence-electron chi connectivity index (χ0n) is 11.8. The van der Waals surface area contributed by atoms with E-state index in [2.05, 4.69) is 11.7 Å². The summed E-state index contributed by atoms with van der Waals surface area (Å²) in [5.74, 6) is 0.355. The third-order valence-electron chi connectivity index (χ3n) is 3.61. The molecule has 1 aliphatic rings. The fraction of sp³-hybridized carbons (Fsp3) is 0.500. The van der Waals surface area contributed by atoms with Crippen LogP contribution in [-0.2, 0) is 0 Å². The monoisotopic (exact) mass is 302 g/mol. The van der Waals surface area contributed by atoms with Crippen LogP contribution in [-0.4, -0.2) is 30.8 Å². The van der Waals surface area contributed by atoms with Crippen LogP contribution < -0.4 is 10.5 Å². The summed E-state index contributed by atoms with van der Waals surface area (Å²) in [5.41, 5.74) is 5.54. The van der Waals surface area contributed by atoms with Crippen LogP contribution >= 0.6 is 0 Å². The van der Waals surface area contributed by atoms with Crippen LogP contribution in [0, 0.1) is 11.8 Å². The van der Waals surface area contributed by atoms with Gasteiger partial charge >= 0.3 is 6.36 Å². The number of carbonyl (C=O) groups is 1. The topological polar surface area (TPSA) is 55.6 Å². The highest BCUT2D eigenvalue weighted by Gasteiger charge is 2.34. The van der Waals surface area contributed by atoms with Crippen molar-refractivity contribution in [2.75, 3.05) is 19.3 Å². The fourth-order valence-corrected chi connectivity index (χ4v) is 2.21. The van der Waals surface area contributed by atoms with Gasteiger partial charge in [0.25, 0.3) is 5.91 Å². The molecule has 0 spiro atoms. The lowest BCUT2D eigenvalue weighted by molar-refractivity contribution is -0.274. The number of amides is 1. The van der Waals surface area contributed by atoms with Gasteiger partial charge in [-0.25, -0.2) is 0 Å². The number of nitrogens with zero attached hydrogens (tertiary/aromatic N) is 1. The predicted octanol–water partition coefficient (Wildman–Crippen LogP) is 2.90. The lowest BCUT2D eigenvalue weighted by atomic mass is 10.1. The second-order valence-corrected chi connectivity index (χ2v) is 5.46. The largest absolute Gasteiger partial charge is 0.573 e. The number of alkyl halides is 3. The zero-order chi connectivity index (χ0) is 15.8. The van der Waals surface area contributed by atoms with E-state index < -0.39 is 12.1 Å². The van der Waals surface area contributed by atoms with Gasteiger partial charge in [-0.3, -0.25) is 4.79 Å². The van der Waals surface area contributed by atoms with E-state index in [9.17, 15) is 18.0 Å². The smallest absolute Gasteiger partial charge is 0.404 e. The van der Waals surface area contributed by atoms with Crippen LogP contribution in [0.3, 0.4) is 0 Å². The Balaban J connectivity index is 2.06. The number of anilines is 1. The van der Waals surface area contributed by atoms with Gasteiger partial charge < -0.3 is 15.4 Å². The van der Waals surface area contributed by atoms with Gasteiger partial charge in [0.05, 0.1) is 5.69 Å². The van der Waals surface area contributed by atoms with Crippen LogP contribution in [0.5, 0.6) is 5.75 Å². The molecule has 1 fully saturated rings. The first-order valence-electron chi connectivity index (χ1n) is 6.58. The van der Waals surface area contributed by atoms with Crippen molar-refractivity contribution >= 4 is 11.6 Å². The van der Waals surface area contributed by atoms with Crippen molar-refractivity contribution in [3.05, 3.63) is 23.8 Å². The summed E-state index contributed by atoms with van der Waals surface area (Å²) in [5, 5.41) is 0. The number of ether oxygens (including phenoxy) is 1. The molecule has 1 amide bonds.